The third-order valence-corrected chi connectivity index (χ3v) is 4.00. The van der Waals surface area contributed by atoms with Crippen molar-refractivity contribution in [2.45, 2.75) is 38.8 Å². The molecule has 0 aliphatic heterocycles. The number of amides is 1. The third kappa shape index (κ3) is 7.77. The molecular formula is C19H21ClF3N3O4. The number of aliphatic hydroxyl groups is 1. The van der Waals surface area contributed by atoms with E-state index in [2.05, 4.69) is 15.0 Å². The number of nitrogens with zero attached hydrogens (tertiary/aromatic N) is 2. The Labute approximate surface area is 175 Å². The maximum Gasteiger partial charge on any atom is 0.411 e. The maximum absolute atomic E-state index is 12.6. The van der Waals surface area contributed by atoms with Crippen LogP contribution in [-0.4, -0.2) is 45.5 Å². The van der Waals surface area contributed by atoms with Gasteiger partial charge in [-0.1, -0.05) is 23.7 Å². The van der Waals surface area contributed by atoms with Gasteiger partial charge >= 0.3 is 6.18 Å². The van der Waals surface area contributed by atoms with Crippen molar-refractivity contribution in [3.8, 4) is 11.3 Å². The molecule has 1 heterocycles. The summed E-state index contributed by atoms with van der Waals surface area (Å²) >= 11 is 5.84. The zero-order valence-corrected chi connectivity index (χ0v) is 17.0. The Kier molecular flexibility index (Phi) is 7.62. The van der Waals surface area contributed by atoms with Gasteiger partial charge in [-0.25, -0.2) is 4.98 Å². The molecule has 1 amide bonds. The Bertz CT molecular complexity index is 938. The third-order valence-electron chi connectivity index (χ3n) is 3.74. The summed E-state index contributed by atoms with van der Waals surface area (Å²) in [6.45, 7) is 0.245. The van der Waals surface area contributed by atoms with E-state index in [9.17, 15) is 27.9 Å². The molecule has 0 bridgehead atoms. The standard InChI is InChI=1S/C19H21ClF3N3O4/c1-18(2,29)10-24-16(27)8-26-15(9-30-11-19(21,22)23)25-14(7-17(26)28)12-3-5-13(20)6-4-12/h3-7,29H,8-11H2,1-2H3,(H,24,27). The lowest BCUT2D eigenvalue weighted by molar-refractivity contribution is -0.177. The van der Waals surface area contributed by atoms with Crippen molar-refractivity contribution in [3.63, 3.8) is 0 Å². The van der Waals surface area contributed by atoms with E-state index in [1.165, 1.54) is 19.9 Å². The molecular weight excluding hydrogens is 427 g/mol. The first-order valence-corrected chi connectivity index (χ1v) is 9.22. The molecule has 1 aromatic heterocycles. The van der Waals surface area contributed by atoms with Gasteiger partial charge in [0, 0.05) is 23.2 Å². The Balaban J connectivity index is 2.32. The molecule has 0 saturated carbocycles. The molecule has 7 nitrogen and oxygen atoms in total. The summed E-state index contributed by atoms with van der Waals surface area (Å²) in [6.07, 6.45) is -4.55. The van der Waals surface area contributed by atoms with E-state index in [0.717, 1.165) is 4.57 Å². The number of carbonyl (C=O) groups excluding carboxylic acids is 1. The van der Waals surface area contributed by atoms with Gasteiger partial charge < -0.3 is 15.2 Å². The van der Waals surface area contributed by atoms with Gasteiger partial charge in [0.15, 0.2) is 0 Å². The summed E-state index contributed by atoms with van der Waals surface area (Å²) in [7, 11) is 0. The highest BCUT2D eigenvalue weighted by Gasteiger charge is 2.28. The zero-order valence-electron chi connectivity index (χ0n) is 16.3. The van der Waals surface area contributed by atoms with E-state index in [1.54, 1.807) is 24.3 Å². The fraction of sp³-hybridized carbons (Fsp3) is 0.421. The predicted octanol–water partition coefficient (Wildman–Crippen LogP) is 2.53. The van der Waals surface area contributed by atoms with Gasteiger partial charge in [0.05, 0.1) is 11.3 Å². The van der Waals surface area contributed by atoms with Crippen LogP contribution >= 0.6 is 11.6 Å². The number of hydrogen-bond acceptors (Lipinski definition) is 5. The average molecular weight is 448 g/mol. The molecule has 0 saturated heterocycles. The zero-order chi connectivity index (χ0) is 22.5. The SMILES string of the molecule is CC(C)(O)CNC(=O)Cn1c(COCC(F)(F)F)nc(-c2ccc(Cl)cc2)cc1=O. The second-order valence-corrected chi connectivity index (χ2v) is 7.62. The molecule has 0 unspecified atom stereocenters. The minimum absolute atomic E-state index is 0.0726. The molecule has 0 radical (unpaired) electrons. The summed E-state index contributed by atoms with van der Waals surface area (Å²) in [5, 5.41) is 12.6. The minimum Gasteiger partial charge on any atom is -0.389 e. The van der Waals surface area contributed by atoms with Crippen molar-refractivity contribution in [3.05, 3.63) is 51.5 Å². The molecule has 11 heteroatoms. The highest BCUT2D eigenvalue weighted by Crippen LogP contribution is 2.20. The van der Waals surface area contributed by atoms with Crippen LogP contribution in [0, 0.1) is 0 Å². The number of alkyl halides is 3. The van der Waals surface area contributed by atoms with Crippen LogP contribution in [0.3, 0.4) is 0 Å². The summed E-state index contributed by atoms with van der Waals surface area (Å²) in [4.78, 5) is 28.9. The fourth-order valence-corrected chi connectivity index (χ4v) is 2.50. The maximum atomic E-state index is 12.6. The number of halogens is 4. The molecule has 0 aliphatic rings. The van der Waals surface area contributed by atoms with E-state index in [-0.39, 0.29) is 18.1 Å². The summed E-state index contributed by atoms with van der Waals surface area (Å²) in [5.74, 6) is -0.757. The van der Waals surface area contributed by atoms with Gasteiger partial charge in [0.2, 0.25) is 5.91 Å². The Morgan fingerprint density at radius 3 is 2.47 bits per heavy atom. The van der Waals surface area contributed by atoms with Crippen LogP contribution in [0.25, 0.3) is 11.3 Å². The Hall–Kier alpha value is -2.43. The molecule has 30 heavy (non-hydrogen) atoms. The quantitative estimate of drug-likeness (QED) is 0.648. The van der Waals surface area contributed by atoms with Crippen molar-refractivity contribution < 1.29 is 27.8 Å². The highest BCUT2D eigenvalue weighted by molar-refractivity contribution is 6.30. The van der Waals surface area contributed by atoms with E-state index in [4.69, 9.17) is 11.6 Å². The number of nitrogens with one attached hydrogen (secondary N) is 1. The Morgan fingerprint density at radius 2 is 1.90 bits per heavy atom. The van der Waals surface area contributed by atoms with Crippen molar-refractivity contribution in [1.29, 1.82) is 0 Å². The van der Waals surface area contributed by atoms with E-state index < -0.39 is 43.0 Å². The van der Waals surface area contributed by atoms with Crippen molar-refractivity contribution in [2.24, 2.45) is 0 Å². The summed E-state index contributed by atoms with van der Waals surface area (Å²) in [6, 6.07) is 7.53. The van der Waals surface area contributed by atoms with Crippen LogP contribution in [-0.2, 0) is 22.7 Å². The lowest BCUT2D eigenvalue weighted by Crippen LogP contribution is -2.41. The van der Waals surface area contributed by atoms with Gasteiger partial charge in [-0.2, -0.15) is 13.2 Å². The minimum atomic E-state index is -4.55. The molecule has 164 valence electrons. The second-order valence-electron chi connectivity index (χ2n) is 7.19. The number of aromatic nitrogens is 2. The molecule has 1 aromatic carbocycles. The first kappa shape index (κ1) is 23.8. The number of ether oxygens (including phenoxy) is 1. The monoisotopic (exact) mass is 447 g/mol. The summed E-state index contributed by atoms with van der Waals surface area (Å²) in [5.41, 5.74) is -1.09. The Morgan fingerprint density at radius 1 is 1.27 bits per heavy atom. The van der Waals surface area contributed by atoms with E-state index in [0.29, 0.717) is 10.6 Å². The van der Waals surface area contributed by atoms with Crippen LogP contribution in [0.15, 0.2) is 35.1 Å². The first-order chi connectivity index (χ1) is 13.8. The molecule has 0 aliphatic carbocycles. The van der Waals surface area contributed by atoms with Crippen LogP contribution in [0.4, 0.5) is 13.2 Å². The summed E-state index contributed by atoms with van der Waals surface area (Å²) < 4.78 is 42.9. The number of rotatable bonds is 8. The van der Waals surface area contributed by atoms with Crippen LogP contribution in [0.1, 0.15) is 19.7 Å². The lowest BCUT2D eigenvalue weighted by Gasteiger charge is -2.19. The number of carbonyl (C=O) groups is 1. The molecule has 0 fully saturated rings. The second kappa shape index (κ2) is 9.59. The van der Waals surface area contributed by atoms with Crippen LogP contribution < -0.4 is 10.9 Å². The smallest absolute Gasteiger partial charge is 0.389 e. The molecule has 2 rings (SSSR count). The van der Waals surface area contributed by atoms with Gasteiger partial charge in [0.25, 0.3) is 5.56 Å². The lowest BCUT2D eigenvalue weighted by atomic mass is 10.1. The van der Waals surface area contributed by atoms with Crippen molar-refractivity contribution in [1.82, 2.24) is 14.9 Å². The number of hydrogen-bond donors (Lipinski definition) is 2. The van der Waals surface area contributed by atoms with Crippen molar-refractivity contribution >= 4 is 17.5 Å². The van der Waals surface area contributed by atoms with E-state index in [1.807, 2.05) is 0 Å². The van der Waals surface area contributed by atoms with Gasteiger partial charge in [0.1, 0.15) is 25.6 Å². The molecule has 2 N–H and O–H groups in total. The fourth-order valence-electron chi connectivity index (χ4n) is 2.37. The molecule has 2 aromatic rings. The number of benzene rings is 1. The highest BCUT2D eigenvalue weighted by atomic mass is 35.5. The van der Waals surface area contributed by atoms with Crippen LogP contribution in [0.5, 0.6) is 0 Å². The molecule has 0 atom stereocenters. The van der Waals surface area contributed by atoms with Crippen molar-refractivity contribution in [2.75, 3.05) is 13.2 Å². The average Bonchev–Trinajstić information content (AvgIpc) is 2.61. The van der Waals surface area contributed by atoms with E-state index >= 15 is 0 Å². The predicted molar refractivity (Wildman–Crippen MR) is 104 cm³/mol. The normalized spacial score (nSPS) is 12.1. The van der Waals surface area contributed by atoms with Crippen LogP contribution in [0.2, 0.25) is 5.02 Å². The van der Waals surface area contributed by atoms with Gasteiger partial charge in [-0.05, 0) is 26.0 Å². The largest absolute Gasteiger partial charge is 0.411 e. The first-order valence-electron chi connectivity index (χ1n) is 8.84. The van der Waals surface area contributed by atoms with Gasteiger partial charge in [-0.15, -0.1) is 0 Å². The van der Waals surface area contributed by atoms with Gasteiger partial charge in [-0.3, -0.25) is 14.2 Å². The molecule has 0 spiro atoms. The topological polar surface area (TPSA) is 93.4 Å².